The fourth-order valence-corrected chi connectivity index (χ4v) is 1.69. The number of rotatable bonds is 5. The summed E-state index contributed by atoms with van der Waals surface area (Å²) in [5, 5.41) is 5.55. The van der Waals surface area contributed by atoms with Crippen LogP contribution in [0.25, 0.3) is 0 Å². The number of carbonyl (C=O) groups is 1. The van der Waals surface area contributed by atoms with Gasteiger partial charge in [0.2, 0.25) is 5.95 Å². The largest absolute Gasteiger partial charge is 0.471 e. The summed E-state index contributed by atoms with van der Waals surface area (Å²) in [4.78, 5) is 20.0. The molecule has 2 N–H and O–H groups in total. The van der Waals surface area contributed by atoms with Crippen molar-refractivity contribution in [2.24, 2.45) is 0 Å². The van der Waals surface area contributed by atoms with Crippen molar-refractivity contribution in [3.8, 4) is 0 Å². The van der Waals surface area contributed by atoms with Crippen molar-refractivity contribution in [1.82, 2.24) is 15.3 Å². The second kappa shape index (κ2) is 8.15. The van der Waals surface area contributed by atoms with E-state index >= 15 is 0 Å². The summed E-state index contributed by atoms with van der Waals surface area (Å²) < 4.78 is 9.73. The van der Waals surface area contributed by atoms with Gasteiger partial charge >= 0.3 is 5.97 Å². The molecule has 0 aromatic carbocycles. The van der Waals surface area contributed by atoms with Crippen molar-refractivity contribution in [3.63, 3.8) is 0 Å². The van der Waals surface area contributed by atoms with Gasteiger partial charge in [-0.2, -0.15) is 0 Å². The number of ether oxygens (including phenoxy) is 2. The van der Waals surface area contributed by atoms with Crippen LogP contribution in [0.4, 0.5) is 5.95 Å². The minimum absolute atomic E-state index is 0.0808. The maximum Gasteiger partial charge on any atom is 0.356 e. The SMILES string of the molecule is CCOC(=S)N/C(=C/Nc1nc(C)cc(C)n1)C(=O)OC. The number of nitrogens with zero attached hydrogens (tertiary/aromatic N) is 2. The number of carbonyl (C=O) groups excluding carboxylic acids is 1. The van der Waals surface area contributed by atoms with Crippen LogP contribution in [0.15, 0.2) is 18.0 Å². The lowest BCUT2D eigenvalue weighted by atomic mass is 10.4. The Morgan fingerprint density at radius 1 is 1.38 bits per heavy atom. The standard InChI is InChI=1S/C13H18N4O3S/c1-5-20-13(21)17-10(11(18)19-4)7-14-12-15-8(2)6-9(3)16-12/h6-7H,5H2,1-4H3,(H,17,21)(H,14,15,16)/b10-7+. The Kier molecular flexibility index (Phi) is 6.54. The number of anilines is 1. The second-order valence-electron chi connectivity index (χ2n) is 4.01. The Labute approximate surface area is 128 Å². The maximum atomic E-state index is 11.7. The van der Waals surface area contributed by atoms with E-state index < -0.39 is 5.97 Å². The molecule has 1 aromatic heterocycles. The van der Waals surface area contributed by atoms with Crippen molar-refractivity contribution in [3.05, 3.63) is 29.4 Å². The van der Waals surface area contributed by atoms with Crippen LogP contribution in [0.1, 0.15) is 18.3 Å². The van der Waals surface area contributed by atoms with Gasteiger partial charge in [0.1, 0.15) is 5.70 Å². The number of thiocarbonyl (C=S) groups is 1. The van der Waals surface area contributed by atoms with Gasteiger partial charge in [0.25, 0.3) is 5.17 Å². The van der Waals surface area contributed by atoms with E-state index in [1.807, 2.05) is 19.9 Å². The molecule has 1 aromatic rings. The van der Waals surface area contributed by atoms with E-state index in [-0.39, 0.29) is 10.9 Å². The van der Waals surface area contributed by atoms with Crippen LogP contribution in [-0.4, -0.2) is 34.8 Å². The molecule has 0 atom stereocenters. The zero-order valence-electron chi connectivity index (χ0n) is 12.4. The average Bonchev–Trinajstić information content (AvgIpc) is 2.41. The third kappa shape index (κ3) is 5.74. The van der Waals surface area contributed by atoms with E-state index in [4.69, 9.17) is 17.0 Å². The van der Waals surface area contributed by atoms with Crippen LogP contribution in [0.2, 0.25) is 0 Å². The molecule has 0 aliphatic heterocycles. The third-order valence-corrected chi connectivity index (χ3v) is 2.47. The average molecular weight is 310 g/mol. The van der Waals surface area contributed by atoms with Crippen molar-refractivity contribution in [1.29, 1.82) is 0 Å². The minimum Gasteiger partial charge on any atom is -0.471 e. The molecule has 8 heteroatoms. The Morgan fingerprint density at radius 2 is 2.00 bits per heavy atom. The summed E-state index contributed by atoms with van der Waals surface area (Å²) in [7, 11) is 1.27. The number of aryl methyl sites for hydroxylation is 2. The lowest BCUT2D eigenvalue weighted by Gasteiger charge is -2.10. The highest BCUT2D eigenvalue weighted by Gasteiger charge is 2.12. The molecule has 0 spiro atoms. The summed E-state index contributed by atoms with van der Waals surface area (Å²) in [5.74, 6) is -0.216. The summed E-state index contributed by atoms with van der Waals surface area (Å²) in [6.45, 7) is 5.89. The number of hydrogen-bond donors (Lipinski definition) is 2. The lowest BCUT2D eigenvalue weighted by molar-refractivity contribution is -0.136. The first-order valence-corrected chi connectivity index (χ1v) is 6.68. The van der Waals surface area contributed by atoms with E-state index in [9.17, 15) is 4.79 Å². The topological polar surface area (TPSA) is 85.4 Å². The molecular weight excluding hydrogens is 292 g/mol. The van der Waals surface area contributed by atoms with Gasteiger partial charge in [0.05, 0.1) is 13.7 Å². The predicted octanol–water partition coefficient (Wildman–Crippen LogP) is 1.43. The number of hydrogen-bond acceptors (Lipinski definition) is 7. The van der Waals surface area contributed by atoms with Gasteiger partial charge in [-0.05, 0) is 39.1 Å². The van der Waals surface area contributed by atoms with Crippen LogP contribution in [0.3, 0.4) is 0 Å². The summed E-state index contributed by atoms with van der Waals surface area (Å²) >= 11 is 4.93. The van der Waals surface area contributed by atoms with E-state index in [1.54, 1.807) is 6.92 Å². The van der Waals surface area contributed by atoms with E-state index in [0.29, 0.717) is 12.6 Å². The molecule has 21 heavy (non-hydrogen) atoms. The molecular formula is C13H18N4O3S. The van der Waals surface area contributed by atoms with Crippen LogP contribution in [-0.2, 0) is 14.3 Å². The van der Waals surface area contributed by atoms with Gasteiger partial charge in [-0.15, -0.1) is 0 Å². The first-order valence-electron chi connectivity index (χ1n) is 6.27. The molecule has 0 unspecified atom stereocenters. The Morgan fingerprint density at radius 3 is 2.52 bits per heavy atom. The van der Waals surface area contributed by atoms with Gasteiger partial charge in [-0.3, -0.25) is 0 Å². The highest BCUT2D eigenvalue weighted by molar-refractivity contribution is 7.80. The highest BCUT2D eigenvalue weighted by atomic mass is 32.1. The number of methoxy groups -OCH3 is 1. The van der Waals surface area contributed by atoms with Gasteiger partial charge in [0, 0.05) is 17.6 Å². The molecule has 1 rings (SSSR count). The molecule has 0 aliphatic rings. The predicted molar refractivity (Wildman–Crippen MR) is 82.6 cm³/mol. The lowest BCUT2D eigenvalue weighted by Crippen LogP contribution is -2.29. The Hall–Kier alpha value is -2.22. The van der Waals surface area contributed by atoms with Crippen molar-refractivity contribution < 1.29 is 14.3 Å². The summed E-state index contributed by atoms with van der Waals surface area (Å²) in [6.07, 6.45) is 1.38. The highest BCUT2D eigenvalue weighted by Crippen LogP contribution is 2.04. The van der Waals surface area contributed by atoms with Crippen LogP contribution in [0, 0.1) is 13.8 Å². The quantitative estimate of drug-likeness (QED) is 0.480. The van der Waals surface area contributed by atoms with Crippen molar-refractivity contribution in [2.45, 2.75) is 20.8 Å². The first-order chi connectivity index (χ1) is 9.96. The normalized spacial score (nSPS) is 10.8. The van der Waals surface area contributed by atoms with Gasteiger partial charge in [0.15, 0.2) is 0 Å². The molecule has 0 amide bonds. The van der Waals surface area contributed by atoms with Gasteiger partial charge in [-0.1, -0.05) is 0 Å². The van der Waals surface area contributed by atoms with Gasteiger partial charge < -0.3 is 20.1 Å². The monoisotopic (exact) mass is 310 g/mol. The van der Waals surface area contributed by atoms with Crippen molar-refractivity contribution in [2.75, 3.05) is 19.0 Å². The fourth-order valence-electron chi connectivity index (χ4n) is 1.46. The third-order valence-electron chi connectivity index (χ3n) is 2.25. The number of esters is 1. The summed E-state index contributed by atoms with van der Waals surface area (Å²) in [6, 6.07) is 1.85. The van der Waals surface area contributed by atoms with E-state index in [0.717, 1.165) is 11.4 Å². The molecule has 7 nitrogen and oxygen atoms in total. The number of nitrogens with one attached hydrogen (secondary N) is 2. The summed E-state index contributed by atoms with van der Waals surface area (Å²) in [5.41, 5.74) is 1.73. The van der Waals surface area contributed by atoms with Crippen molar-refractivity contribution >= 4 is 29.3 Å². The molecule has 0 bridgehead atoms. The zero-order chi connectivity index (χ0) is 15.8. The zero-order valence-corrected chi connectivity index (χ0v) is 13.2. The number of aromatic nitrogens is 2. The Bertz CT molecular complexity index is 540. The maximum absolute atomic E-state index is 11.7. The van der Waals surface area contributed by atoms with Crippen LogP contribution < -0.4 is 10.6 Å². The molecule has 0 aliphatic carbocycles. The molecule has 0 saturated carbocycles. The molecule has 0 radical (unpaired) electrons. The van der Waals surface area contributed by atoms with Crippen LogP contribution >= 0.6 is 12.2 Å². The smallest absolute Gasteiger partial charge is 0.356 e. The van der Waals surface area contributed by atoms with Gasteiger partial charge in [-0.25, -0.2) is 14.8 Å². The van der Waals surface area contributed by atoms with Crippen LogP contribution in [0.5, 0.6) is 0 Å². The minimum atomic E-state index is -0.589. The molecule has 0 saturated heterocycles. The van der Waals surface area contributed by atoms with E-state index in [1.165, 1.54) is 13.3 Å². The Balaban J connectivity index is 2.87. The first kappa shape index (κ1) is 16.8. The molecule has 114 valence electrons. The molecule has 1 heterocycles. The second-order valence-corrected chi connectivity index (χ2v) is 4.38. The van der Waals surface area contributed by atoms with E-state index in [2.05, 4.69) is 25.3 Å². The molecule has 0 fully saturated rings. The fraction of sp³-hybridized carbons (Fsp3) is 0.385.